The van der Waals surface area contributed by atoms with Crippen LogP contribution in [0, 0.1) is 0 Å². The summed E-state index contributed by atoms with van der Waals surface area (Å²) in [5, 5.41) is 3.53. The molecular weight excluding hydrogens is 829 g/mol. The van der Waals surface area contributed by atoms with Crippen LogP contribution in [0.5, 0.6) is 0 Å². The maximum Gasteiger partial charge on any atom is 0.236 e. The normalized spacial score (nSPS) is 14.2. The van der Waals surface area contributed by atoms with Crippen LogP contribution in [-0.4, -0.2) is 36.6 Å². The number of para-hydroxylation sites is 4. The first-order valence-electron chi connectivity index (χ1n) is 24.6. The quantitative estimate of drug-likeness (QED) is 0.166. The molecule has 0 unspecified atom stereocenters. The topological polar surface area (TPSA) is 52.9 Å². The van der Waals surface area contributed by atoms with Crippen molar-refractivity contribution < 1.29 is 8.22 Å². The lowest BCUT2D eigenvalue weighted by Crippen LogP contribution is -2.53. The van der Waals surface area contributed by atoms with Crippen molar-refractivity contribution >= 4 is 88.8 Å². The number of thiazole rings is 1. The van der Waals surface area contributed by atoms with Gasteiger partial charge >= 0.3 is 0 Å². The first kappa shape index (κ1) is 31.0. The summed E-state index contributed by atoms with van der Waals surface area (Å²) in [6.07, 6.45) is 1.94. The van der Waals surface area contributed by atoms with Gasteiger partial charge in [-0.25, -0.2) is 15.0 Å². The van der Waals surface area contributed by atoms with E-state index in [1.165, 1.54) is 11.3 Å². The molecule has 1 aliphatic rings. The number of nitrogens with zero attached hydrogens (tertiary/aromatic N) is 6. The van der Waals surface area contributed by atoms with Crippen LogP contribution in [0.1, 0.15) is 8.22 Å². The van der Waals surface area contributed by atoms with Crippen molar-refractivity contribution in [2.75, 3.05) is 0 Å². The molecule has 13 aromatic rings. The second-order valence-corrected chi connectivity index (χ2v) is 20.3. The molecule has 0 N–H and O–H groups in total. The smallest absolute Gasteiger partial charge is 0.236 e. The number of hydrogen-bond donors (Lipinski definition) is 0. The summed E-state index contributed by atoms with van der Waals surface area (Å²) in [5.41, 5.74) is 13.6. The van der Waals surface area contributed by atoms with Gasteiger partial charge < -0.3 is 0 Å². The Balaban J connectivity index is 1.05. The first-order valence-corrected chi connectivity index (χ1v) is 24.4. The molecule has 8 heteroatoms. The highest BCUT2D eigenvalue weighted by atomic mass is 32.1. The Bertz CT molecular complexity index is 4350. The van der Waals surface area contributed by atoms with Gasteiger partial charge in [0.25, 0.3) is 0 Å². The van der Waals surface area contributed by atoms with Gasteiger partial charge in [-0.1, -0.05) is 175 Å². The standard InChI is InChI=1S/C57H38N6SSi/c1-65(2,51-32-16-31-50-54(51)64-57-59-46-27-11-14-30-49(46)62(50)57)36-18-15-17-35(33-36)61-47-28-12-9-25-43(47)52-44-26-10-13-29-48(44)63(55(52)61)56-58-34-45-41-23-6-5-21-39(41)37-19-3-4-20-38(37)40-22-7-8-24-42(40)53(45)60-56/h3-34H,1-2H3/i1D3,2D3. The van der Waals surface area contributed by atoms with E-state index in [4.69, 9.17) is 15.0 Å². The monoisotopic (exact) mass is 872 g/mol. The van der Waals surface area contributed by atoms with E-state index in [-0.39, 0.29) is 5.19 Å². The molecule has 306 valence electrons. The molecule has 0 aliphatic heterocycles. The van der Waals surface area contributed by atoms with Crippen LogP contribution >= 0.6 is 11.3 Å². The predicted molar refractivity (Wildman–Crippen MR) is 273 cm³/mol. The second-order valence-electron chi connectivity index (χ2n) is 16.7. The van der Waals surface area contributed by atoms with E-state index in [0.717, 1.165) is 94.0 Å². The van der Waals surface area contributed by atoms with E-state index in [1.54, 1.807) is 24.3 Å². The molecule has 0 fully saturated rings. The van der Waals surface area contributed by atoms with Crippen molar-refractivity contribution in [1.82, 2.24) is 28.5 Å². The molecule has 5 aromatic heterocycles. The molecule has 6 nitrogen and oxygen atoms in total. The molecule has 0 radical (unpaired) electrons. The van der Waals surface area contributed by atoms with Crippen molar-refractivity contribution in [2.45, 2.75) is 13.0 Å². The zero-order chi connectivity index (χ0) is 48.0. The zero-order valence-electron chi connectivity index (χ0n) is 40.6. The van der Waals surface area contributed by atoms with Crippen molar-refractivity contribution in [3.63, 3.8) is 0 Å². The number of imidazole rings is 1. The largest absolute Gasteiger partial charge is 0.295 e. The van der Waals surface area contributed by atoms with E-state index in [2.05, 4.69) is 106 Å². The second kappa shape index (κ2) is 13.5. The Kier molecular flexibility index (Phi) is 6.47. The lowest BCUT2D eigenvalue weighted by Gasteiger charge is -2.25. The number of fused-ring (bicyclic) bond motifs is 18. The van der Waals surface area contributed by atoms with Crippen molar-refractivity contribution in [3.05, 3.63) is 194 Å². The van der Waals surface area contributed by atoms with Crippen LogP contribution in [0.15, 0.2) is 194 Å². The minimum Gasteiger partial charge on any atom is -0.295 e. The Hall–Kier alpha value is -7.91. The van der Waals surface area contributed by atoms with Crippen molar-refractivity contribution in [2.24, 2.45) is 0 Å². The molecule has 14 rings (SSSR count). The fraction of sp³-hybridized carbons (Fsp3) is 0.0351. The van der Waals surface area contributed by atoms with Crippen molar-refractivity contribution in [1.29, 1.82) is 0 Å². The molecular formula is C57H38N6SSi. The molecule has 0 bridgehead atoms. The minimum atomic E-state index is -4.80. The Morgan fingerprint density at radius 2 is 1.08 bits per heavy atom. The van der Waals surface area contributed by atoms with Crippen molar-refractivity contribution in [3.8, 4) is 56.3 Å². The molecule has 65 heavy (non-hydrogen) atoms. The maximum atomic E-state index is 9.43. The van der Waals surface area contributed by atoms with Crippen LogP contribution in [0.3, 0.4) is 0 Å². The summed E-state index contributed by atoms with van der Waals surface area (Å²) in [6, 6.07) is 62.2. The fourth-order valence-corrected chi connectivity index (χ4v) is 13.9. The highest BCUT2D eigenvalue weighted by Crippen LogP contribution is 2.47. The third kappa shape index (κ3) is 5.12. The summed E-state index contributed by atoms with van der Waals surface area (Å²) in [7, 11) is -4.80. The molecule has 0 amide bonds. The van der Waals surface area contributed by atoms with Gasteiger partial charge in [-0.05, 0) is 75.5 Å². The number of aromatic nitrogens is 6. The van der Waals surface area contributed by atoms with E-state index >= 15 is 0 Å². The lowest BCUT2D eigenvalue weighted by molar-refractivity contribution is 0.962. The maximum absolute atomic E-state index is 9.43. The van der Waals surface area contributed by atoms with Gasteiger partial charge in [-0.3, -0.25) is 13.5 Å². The SMILES string of the molecule is [2H]C([2H])([2H])[Si](c1cccc(-n2c3ccccc3c3c4ccccc4n(-c4ncc5c(n4)-c4ccccc4-c4ccccc4-c4ccccc4-5)c32)c1)(c1cccc2c1sc1nc3ccccc3n12)C([2H])([2H])[2H]. The summed E-state index contributed by atoms with van der Waals surface area (Å²) < 4.78 is 63.4. The summed E-state index contributed by atoms with van der Waals surface area (Å²) >= 11 is 1.34. The van der Waals surface area contributed by atoms with Crippen LogP contribution in [-0.2, 0) is 0 Å². The van der Waals surface area contributed by atoms with Gasteiger partial charge in [0.1, 0.15) is 13.7 Å². The summed E-state index contributed by atoms with van der Waals surface area (Å²) in [5.74, 6) is 0.451. The van der Waals surface area contributed by atoms with E-state index < -0.39 is 21.0 Å². The van der Waals surface area contributed by atoms with Crippen LogP contribution < -0.4 is 10.4 Å². The van der Waals surface area contributed by atoms with E-state index in [9.17, 15) is 8.22 Å². The van der Waals surface area contributed by atoms with E-state index in [1.807, 2.05) is 77.3 Å². The first-order chi connectivity index (χ1) is 34.5. The van der Waals surface area contributed by atoms with Gasteiger partial charge in [0.2, 0.25) is 5.95 Å². The molecule has 5 heterocycles. The average molecular weight is 873 g/mol. The lowest BCUT2D eigenvalue weighted by atomic mass is 9.83. The number of benzene rings is 8. The van der Waals surface area contributed by atoms with Gasteiger partial charge in [-0.15, -0.1) is 0 Å². The fourth-order valence-electron chi connectivity index (χ4n) is 10.4. The highest BCUT2D eigenvalue weighted by Gasteiger charge is 2.32. The minimum absolute atomic E-state index is 0.278. The number of rotatable bonds is 4. The Labute approximate surface area is 387 Å². The molecule has 1 aliphatic carbocycles. The van der Waals surface area contributed by atoms with Gasteiger partial charge in [0.05, 0.1) is 38.0 Å². The zero-order valence-corrected chi connectivity index (χ0v) is 36.4. The average Bonchev–Trinajstić information content (AvgIpc) is 4.12. The molecule has 0 atom stereocenters. The summed E-state index contributed by atoms with van der Waals surface area (Å²) in [4.78, 5) is 16.4. The number of hydrogen-bond acceptors (Lipinski definition) is 4. The third-order valence-electron chi connectivity index (χ3n) is 13.3. The van der Waals surface area contributed by atoms with E-state index in [0.29, 0.717) is 26.5 Å². The molecule has 8 aromatic carbocycles. The molecule has 0 spiro atoms. The van der Waals surface area contributed by atoms with Gasteiger partial charge in [-0.2, -0.15) is 0 Å². The third-order valence-corrected chi connectivity index (χ3v) is 16.9. The van der Waals surface area contributed by atoms with Gasteiger partial charge in [0, 0.05) is 47.4 Å². The van der Waals surface area contributed by atoms with Gasteiger partial charge in [0.15, 0.2) is 4.96 Å². The molecule has 0 saturated carbocycles. The highest BCUT2D eigenvalue weighted by molar-refractivity contribution is 7.26. The predicted octanol–water partition coefficient (Wildman–Crippen LogP) is 13.3. The summed E-state index contributed by atoms with van der Waals surface area (Å²) in [6.45, 7) is -5.82. The van der Waals surface area contributed by atoms with Crippen LogP contribution in [0.4, 0.5) is 0 Å². The Morgan fingerprint density at radius 3 is 1.78 bits per heavy atom. The molecule has 0 saturated heterocycles. The van der Waals surface area contributed by atoms with Crippen LogP contribution in [0.2, 0.25) is 13.0 Å². The Morgan fingerprint density at radius 1 is 0.508 bits per heavy atom. The van der Waals surface area contributed by atoms with Crippen LogP contribution in [0.25, 0.3) is 115 Å².